The van der Waals surface area contributed by atoms with Gasteiger partial charge in [-0.25, -0.2) is 0 Å². The summed E-state index contributed by atoms with van der Waals surface area (Å²) in [6, 6.07) is 2.45. The number of fused-ring (bicyclic) bond motifs is 1. The second-order valence-corrected chi connectivity index (χ2v) is 6.60. The predicted octanol–water partition coefficient (Wildman–Crippen LogP) is 3.36. The smallest absolute Gasteiger partial charge is 0.261 e. The molecule has 2 heterocycles. The Balaban J connectivity index is 1.95. The second-order valence-electron chi connectivity index (χ2n) is 5.51. The Morgan fingerprint density at radius 3 is 2.62 bits per heavy atom. The van der Waals surface area contributed by atoms with Crippen LogP contribution < -0.4 is 5.32 Å². The Labute approximate surface area is 130 Å². The molecule has 4 nitrogen and oxygen atoms in total. The fourth-order valence-electron chi connectivity index (χ4n) is 2.32. The number of hydrogen-bond donors (Lipinski definition) is 1. The highest BCUT2D eigenvalue weighted by Crippen LogP contribution is 2.27. The topological polar surface area (TPSA) is 37.3 Å². The van der Waals surface area contributed by atoms with Gasteiger partial charge >= 0.3 is 0 Å². The van der Waals surface area contributed by atoms with Gasteiger partial charge in [-0.1, -0.05) is 13.8 Å². The van der Waals surface area contributed by atoms with E-state index >= 15 is 0 Å². The van der Waals surface area contributed by atoms with Gasteiger partial charge in [0.2, 0.25) is 0 Å². The van der Waals surface area contributed by atoms with Gasteiger partial charge < -0.3 is 14.8 Å². The van der Waals surface area contributed by atoms with Crippen LogP contribution in [0, 0.1) is 0 Å². The normalized spacial score (nSPS) is 11.7. The van der Waals surface area contributed by atoms with Gasteiger partial charge in [-0.15, -0.1) is 11.3 Å². The SMILES string of the molecule is CCN(CC)CCNC(=O)c1cc2cn(C(C)C)cc2s1. The maximum Gasteiger partial charge on any atom is 0.261 e. The van der Waals surface area contributed by atoms with Gasteiger partial charge in [0, 0.05) is 36.9 Å². The van der Waals surface area contributed by atoms with Gasteiger partial charge in [0.05, 0.1) is 9.58 Å². The predicted molar refractivity (Wildman–Crippen MR) is 90.3 cm³/mol. The van der Waals surface area contributed by atoms with E-state index in [2.05, 4.69) is 54.9 Å². The van der Waals surface area contributed by atoms with E-state index in [0.717, 1.165) is 29.9 Å². The standard InChI is InChI=1S/C16H25N3OS/c1-5-18(6-2)8-7-17-16(20)14-9-13-10-19(12(3)4)11-15(13)21-14/h9-12H,5-8H2,1-4H3,(H,17,20). The molecule has 0 saturated carbocycles. The van der Waals surface area contributed by atoms with Gasteiger partial charge in [-0.3, -0.25) is 4.79 Å². The third-order valence-corrected chi connectivity index (χ3v) is 4.86. The van der Waals surface area contributed by atoms with Crippen LogP contribution in [0.1, 0.15) is 43.4 Å². The quantitative estimate of drug-likeness (QED) is 0.851. The monoisotopic (exact) mass is 307 g/mol. The molecule has 0 aliphatic heterocycles. The zero-order chi connectivity index (χ0) is 15.4. The molecule has 0 aliphatic rings. The van der Waals surface area contributed by atoms with Crippen LogP contribution in [0.15, 0.2) is 18.5 Å². The molecule has 21 heavy (non-hydrogen) atoms. The molecule has 2 aromatic heterocycles. The third-order valence-electron chi connectivity index (χ3n) is 3.77. The summed E-state index contributed by atoms with van der Waals surface area (Å²) < 4.78 is 3.36. The van der Waals surface area contributed by atoms with Crippen LogP contribution in [0.4, 0.5) is 0 Å². The van der Waals surface area contributed by atoms with Crippen molar-refractivity contribution in [3.8, 4) is 0 Å². The molecule has 2 aromatic rings. The number of amides is 1. The highest BCUT2D eigenvalue weighted by Gasteiger charge is 2.12. The van der Waals surface area contributed by atoms with Crippen LogP contribution in [0.5, 0.6) is 0 Å². The molecule has 116 valence electrons. The highest BCUT2D eigenvalue weighted by atomic mass is 32.1. The molecule has 0 saturated heterocycles. The summed E-state index contributed by atoms with van der Waals surface area (Å²) in [6.07, 6.45) is 4.24. The summed E-state index contributed by atoms with van der Waals surface area (Å²) in [5.41, 5.74) is 0. The van der Waals surface area contributed by atoms with Crippen LogP contribution in [0.2, 0.25) is 0 Å². The Bertz CT molecular complexity index is 564. The summed E-state index contributed by atoms with van der Waals surface area (Å²) in [7, 11) is 0. The average molecular weight is 307 g/mol. The first-order chi connectivity index (χ1) is 10.0. The molecule has 0 atom stereocenters. The number of nitrogens with zero attached hydrogens (tertiary/aromatic N) is 2. The average Bonchev–Trinajstić information content (AvgIpc) is 3.01. The van der Waals surface area contributed by atoms with Crippen LogP contribution in [-0.2, 0) is 0 Å². The third kappa shape index (κ3) is 3.86. The molecule has 1 amide bonds. The summed E-state index contributed by atoms with van der Waals surface area (Å²) >= 11 is 1.57. The van der Waals surface area contributed by atoms with Crippen LogP contribution in [-0.4, -0.2) is 41.6 Å². The van der Waals surface area contributed by atoms with Gasteiger partial charge in [-0.2, -0.15) is 0 Å². The number of thiophene rings is 1. The van der Waals surface area contributed by atoms with E-state index in [9.17, 15) is 4.79 Å². The van der Waals surface area contributed by atoms with Crippen molar-refractivity contribution in [2.45, 2.75) is 33.7 Å². The molecule has 1 N–H and O–H groups in total. The molecule has 2 rings (SSSR count). The van der Waals surface area contributed by atoms with E-state index < -0.39 is 0 Å². The van der Waals surface area contributed by atoms with Gasteiger partial charge in [-0.05, 0) is 33.0 Å². The molecule has 0 unspecified atom stereocenters. The lowest BCUT2D eigenvalue weighted by molar-refractivity contribution is 0.0953. The first-order valence-corrected chi connectivity index (χ1v) is 8.48. The van der Waals surface area contributed by atoms with Gasteiger partial charge in [0.15, 0.2) is 0 Å². The Kier molecular flexibility index (Phi) is 5.42. The van der Waals surface area contributed by atoms with Gasteiger partial charge in [0.1, 0.15) is 0 Å². The lowest BCUT2D eigenvalue weighted by Gasteiger charge is -2.17. The van der Waals surface area contributed by atoms with Crippen molar-refractivity contribution < 1.29 is 4.79 Å². The number of hydrogen-bond acceptors (Lipinski definition) is 3. The van der Waals surface area contributed by atoms with E-state index in [1.54, 1.807) is 11.3 Å². The second kappa shape index (κ2) is 7.09. The summed E-state index contributed by atoms with van der Waals surface area (Å²) in [5, 5.41) is 4.16. The lowest BCUT2D eigenvalue weighted by Crippen LogP contribution is -2.34. The molecular weight excluding hydrogens is 282 g/mol. The zero-order valence-electron chi connectivity index (χ0n) is 13.3. The van der Waals surface area contributed by atoms with Crippen molar-refractivity contribution in [3.63, 3.8) is 0 Å². The molecule has 0 bridgehead atoms. The van der Waals surface area contributed by atoms with Crippen molar-refractivity contribution in [3.05, 3.63) is 23.3 Å². The first-order valence-electron chi connectivity index (χ1n) is 7.66. The molecule has 0 fully saturated rings. The zero-order valence-corrected chi connectivity index (χ0v) is 14.2. The lowest BCUT2D eigenvalue weighted by atomic mass is 10.3. The van der Waals surface area contributed by atoms with Crippen LogP contribution >= 0.6 is 11.3 Å². The number of aromatic nitrogens is 1. The van der Waals surface area contributed by atoms with E-state index in [0.29, 0.717) is 12.6 Å². The van der Waals surface area contributed by atoms with E-state index in [-0.39, 0.29) is 5.91 Å². The number of nitrogens with one attached hydrogen (secondary N) is 1. The fourth-order valence-corrected chi connectivity index (χ4v) is 3.31. The van der Waals surface area contributed by atoms with Crippen LogP contribution in [0.25, 0.3) is 10.1 Å². The number of likely N-dealkylation sites (N-methyl/N-ethyl adjacent to an activating group) is 1. The van der Waals surface area contributed by atoms with Crippen molar-refractivity contribution in [2.75, 3.05) is 26.2 Å². The van der Waals surface area contributed by atoms with Crippen molar-refractivity contribution in [1.82, 2.24) is 14.8 Å². The highest BCUT2D eigenvalue weighted by molar-refractivity contribution is 7.20. The van der Waals surface area contributed by atoms with Crippen LogP contribution in [0.3, 0.4) is 0 Å². The molecular formula is C16H25N3OS. The molecule has 0 spiro atoms. The Hall–Kier alpha value is -1.33. The minimum absolute atomic E-state index is 0.0412. The maximum atomic E-state index is 12.2. The van der Waals surface area contributed by atoms with Crippen molar-refractivity contribution >= 4 is 27.3 Å². The molecule has 0 aliphatic carbocycles. The van der Waals surface area contributed by atoms with Gasteiger partial charge in [0.25, 0.3) is 5.91 Å². The molecule has 5 heteroatoms. The summed E-state index contributed by atoms with van der Waals surface area (Å²) in [4.78, 5) is 15.3. The Morgan fingerprint density at radius 2 is 2.05 bits per heavy atom. The largest absolute Gasteiger partial charge is 0.350 e. The number of rotatable bonds is 7. The maximum absolute atomic E-state index is 12.2. The molecule has 0 radical (unpaired) electrons. The minimum Gasteiger partial charge on any atom is -0.350 e. The van der Waals surface area contributed by atoms with Crippen molar-refractivity contribution in [2.24, 2.45) is 0 Å². The number of carbonyl (C=O) groups excluding carboxylic acids is 1. The summed E-state index contributed by atoms with van der Waals surface area (Å²) in [5.74, 6) is 0.0412. The molecule has 0 aromatic carbocycles. The Morgan fingerprint density at radius 1 is 1.33 bits per heavy atom. The van der Waals surface area contributed by atoms with E-state index in [1.165, 1.54) is 4.70 Å². The first kappa shape index (κ1) is 16.0. The minimum atomic E-state index is 0.0412. The van der Waals surface area contributed by atoms with E-state index in [4.69, 9.17) is 0 Å². The van der Waals surface area contributed by atoms with E-state index in [1.807, 2.05) is 6.07 Å². The number of carbonyl (C=O) groups is 1. The fraction of sp³-hybridized carbons (Fsp3) is 0.562. The van der Waals surface area contributed by atoms with Crippen molar-refractivity contribution in [1.29, 1.82) is 0 Å². The summed E-state index contributed by atoms with van der Waals surface area (Å²) in [6.45, 7) is 12.2.